The molecule has 0 unspecified atom stereocenters. The van der Waals surface area contributed by atoms with Gasteiger partial charge in [-0.2, -0.15) is 11.8 Å². The van der Waals surface area contributed by atoms with Gasteiger partial charge in [0, 0.05) is 29.3 Å². The van der Waals surface area contributed by atoms with Gasteiger partial charge >= 0.3 is 0 Å². The number of hydrogen-bond donors (Lipinski definition) is 0. The fourth-order valence-electron chi connectivity index (χ4n) is 1.44. The molecule has 0 fully saturated rings. The van der Waals surface area contributed by atoms with E-state index < -0.39 is 0 Å². The van der Waals surface area contributed by atoms with E-state index in [-0.39, 0.29) is 0 Å². The van der Waals surface area contributed by atoms with Crippen LogP contribution in [0.25, 0.3) is 0 Å². The van der Waals surface area contributed by atoms with E-state index in [9.17, 15) is 0 Å². The molecule has 0 aliphatic rings. The first-order chi connectivity index (χ1) is 7.76. The van der Waals surface area contributed by atoms with Gasteiger partial charge in [-0.1, -0.05) is 25.4 Å². The third kappa shape index (κ3) is 5.19. The maximum atomic E-state index is 5.90. The summed E-state index contributed by atoms with van der Waals surface area (Å²) in [5, 5.41) is 0.773. The molecule has 1 heterocycles. The summed E-state index contributed by atoms with van der Waals surface area (Å²) >= 11 is 7.81. The van der Waals surface area contributed by atoms with Gasteiger partial charge in [-0.15, -0.1) is 0 Å². The quantitative estimate of drug-likeness (QED) is 0.698. The van der Waals surface area contributed by atoms with Crippen molar-refractivity contribution in [2.75, 3.05) is 25.4 Å². The number of rotatable bonds is 7. The molecule has 0 N–H and O–H groups in total. The van der Waals surface area contributed by atoms with E-state index >= 15 is 0 Å². The number of thioether (sulfide) groups is 1. The Balaban J connectivity index is 2.20. The molecule has 0 aliphatic carbocycles. The van der Waals surface area contributed by atoms with Crippen molar-refractivity contribution in [1.82, 2.24) is 9.88 Å². The molecule has 0 amide bonds. The van der Waals surface area contributed by atoms with Crippen LogP contribution in [0.3, 0.4) is 0 Å². The molecule has 0 atom stereocenters. The Labute approximate surface area is 107 Å². The lowest BCUT2D eigenvalue weighted by atomic mass is 10.4. The van der Waals surface area contributed by atoms with Gasteiger partial charge in [0.05, 0.1) is 5.69 Å². The molecule has 0 aromatic carbocycles. The fourth-order valence-corrected chi connectivity index (χ4v) is 2.52. The Bertz CT molecular complexity index is 303. The standard InChI is InChI=1S/C12H19ClN2S/c1-3-15(4-2)7-8-16-10-12-9-11(13)5-6-14-12/h5-6,9H,3-4,7-8,10H2,1-2H3. The van der Waals surface area contributed by atoms with Crippen molar-refractivity contribution in [1.29, 1.82) is 0 Å². The Morgan fingerprint density at radius 3 is 2.75 bits per heavy atom. The first kappa shape index (κ1) is 13.8. The van der Waals surface area contributed by atoms with Gasteiger partial charge in [-0.05, 0) is 25.2 Å². The highest BCUT2D eigenvalue weighted by Crippen LogP contribution is 2.14. The summed E-state index contributed by atoms with van der Waals surface area (Å²) in [6.07, 6.45) is 1.77. The van der Waals surface area contributed by atoms with E-state index in [0.29, 0.717) is 0 Å². The summed E-state index contributed by atoms with van der Waals surface area (Å²) in [5.41, 5.74) is 1.07. The van der Waals surface area contributed by atoms with Crippen LogP contribution in [0, 0.1) is 0 Å². The van der Waals surface area contributed by atoms with Crippen LogP contribution in [0.5, 0.6) is 0 Å². The van der Waals surface area contributed by atoms with Gasteiger partial charge in [0.15, 0.2) is 0 Å². The second kappa shape index (κ2) is 7.93. The summed E-state index contributed by atoms with van der Waals surface area (Å²) < 4.78 is 0. The highest BCUT2D eigenvalue weighted by Gasteiger charge is 2.00. The van der Waals surface area contributed by atoms with Crippen LogP contribution in [-0.2, 0) is 5.75 Å². The van der Waals surface area contributed by atoms with Gasteiger partial charge < -0.3 is 4.90 Å². The number of aromatic nitrogens is 1. The van der Waals surface area contributed by atoms with E-state index in [1.54, 1.807) is 6.20 Å². The molecule has 0 bridgehead atoms. The number of pyridine rings is 1. The Hall–Kier alpha value is -0.250. The second-order valence-electron chi connectivity index (χ2n) is 3.54. The average molecular weight is 259 g/mol. The molecule has 4 heteroatoms. The molecule has 16 heavy (non-hydrogen) atoms. The monoisotopic (exact) mass is 258 g/mol. The summed E-state index contributed by atoms with van der Waals surface area (Å²) in [7, 11) is 0. The molecule has 1 aromatic heterocycles. The number of halogens is 1. The number of nitrogens with zero attached hydrogens (tertiary/aromatic N) is 2. The van der Waals surface area contributed by atoms with Crippen molar-refractivity contribution >= 4 is 23.4 Å². The minimum Gasteiger partial charge on any atom is -0.303 e. The van der Waals surface area contributed by atoms with Gasteiger partial charge in [-0.25, -0.2) is 0 Å². The van der Waals surface area contributed by atoms with Crippen LogP contribution in [0.15, 0.2) is 18.3 Å². The van der Waals surface area contributed by atoms with E-state index in [0.717, 1.165) is 41.9 Å². The predicted octanol–water partition coefficient (Wildman–Crippen LogP) is 3.31. The third-order valence-electron chi connectivity index (χ3n) is 2.47. The molecule has 90 valence electrons. The zero-order chi connectivity index (χ0) is 11.8. The lowest BCUT2D eigenvalue weighted by Crippen LogP contribution is -2.25. The molecule has 0 aliphatic heterocycles. The summed E-state index contributed by atoms with van der Waals surface area (Å²) in [5.74, 6) is 2.09. The van der Waals surface area contributed by atoms with Gasteiger partial charge in [0.1, 0.15) is 0 Å². The highest BCUT2D eigenvalue weighted by atomic mass is 35.5. The lowest BCUT2D eigenvalue weighted by Gasteiger charge is -2.17. The average Bonchev–Trinajstić information content (AvgIpc) is 2.29. The summed E-state index contributed by atoms with van der Waals surface area (Å²) in [6, 6.07) is 3.75. The molecule has 0 spiro atoms. The molecule has 1 aromatic rings. The molecule has 2 nitrogen and oxygen atoms in total. The molecular weight excluding hydrogens is 240 g/mol. The van der Waals surface area contributed by atoms with Crippen LogP contribution in [-0.4, -0.2) is 35.3 Å². The van der Waals surface area contributed by atoms with Gasteiger partial charge in [0.2, 0.25) is 0 Å². The first-order valence-corrected chi connectivity index (χ1v) is 7.20. The van der Waals surface area contributed by atoms with Crippen LogP contribution in [0.4, 0.5) is 0 Å². The molecule has 0 saturated carbocycles. The van der Waals surface area contributed by atoms with Crippen molar-refractivity contribution < 1.29 is 0 Å². The van der Waals surface area contributed by atoms with Crippen molar-refractivity contribution in [3.63, 3.8) is 0 Å². The van der Waals surface area contributed by atoms with Crippen molar-refractivity contribution in [3.8, 4) is 0 Å². The van der Waals surface area contributed by atoms with Gasteiger partial charge in [-0.3, -0.25) is 4.98 Å². The highest BCUT2D eigenvalue weighted by molar-refractivity contribution is 7.98. The van der Waals surface area contributed by atoms with Crippen LogP contribution in [0.1, 0.15) is 19.5 Å². The Kier molecular flexibility index (Phi) is 6.85. The van der Waals surface area contributed by atoms with E-state index in [4.69, 9.17) is 11.6 Å². The van der Waals surface area contributed by atoms with Gasteiger partial charge in [0.25, 0.3) is 0 Å². The van der Waals surface area contributed by atoms with Crippen LogP contribution in [0.2, 0.25) is 5.02 Å². The molecule has 0 saturated heterocycles. The van der Waals surface area contributed by atoms with Crippen LogP contribution < -0.4 is 0 Å². The topological polar surface area (TPSA) is 16.1 Å². The Morgan fingerprint density at radius 2 is 2.12 bits per heavy atom. The van der Waals surface area contributed by atoms with Crippen molar-refractivity contribution in [3.05, 3.63) is 29.0 Å². The zero-order valence-corrected chi connectivity index (χ0v) is 11.5. The first-order valence-electron chi connectivity index (χ1n) is 5.66. The Morgan fingerprint density at radius 1 is 1.38 bits per heavy atom. The second-order valence-corrected chi connectivity index (χ2v) is 5.09. The minimum absolute atomic E-state index is 0.773. The smallest absolute Gasteiger partial charge is 0.0517 e. The van der Waals surface area contributed by atoms with E-state index in [1.165, 1.54) is 0 Å². The number of hydrogen-bond acceptors (Lipinski definition) is 3. The zero-order valence-electron chi connectivity index (χ0n) is 9.95. The molecule has 0 radical (unpaired) electrons. The normalized spacial score (nSPS) is 11.0. The largest absolute Gasteiger partial charge is 0.303 e. The predicted molar refractivity (Wildman–Crippen MR) is 73.2 cm³/mol. The molecule has 1 rings (SSSR count). The minimum atomic E-state index is 0.773. The maximum Gasteiger partial charge on any atom is 0.0517 e. The maximum absolute atomic E-state index is 5.90. The summed E-state index contributed by atoms with van der Waals surface area (Å²) in [4.78, 5) is 6.71. The molecular formula is C12H19ClN2S. The van der Waals surface area contributed by atoms with E-state index in [2.05, 4.69) is 23.7 Å². The third-order valence-corrected chi connectivity index (χ3v) is 3.68. The van der Waals surface area contributed by atoms with Crippen molar-refractivity contribution in [2.45, 2.75) is 19.6 Å². The lowest BCUT2D eigenvalue weighted by molar-refractivity contribution is 0.324. The summed E-state index contributed by atoms with van der Waals surface area (Å²) in [6.45, 7) is 7.82. The van der Waals surface area contributed by atoms with Crippen molar-refractivity contribution in [2.24, 2.45) is 0 Å². The van der Waals surface area contributed by atoms with E-state index in [1.807, 2.05) is 23.9 Å². The fraction of sp³-hybridized carbons (Fsp3) is 0.583. The SMILES string of the molecule is CCN(CC)CCSCc1cc(Cl)ccn1. The van der Waals surface area contributed by atoms with Crippen LogP contribution >= 0.6 is 23.4 Å².